The molecule has 0 bridgehead atoms. The lowest BCUT2D eigenvalue weighted by atomic mass is 9.92. The minimum Gasteiger partial charge on any atom is -0.481 e. The zero-order valence-electron chi connectivity index (χ0n) is 16.0. The quantitative estimate of drug-likeness (QED) is 0.809. The molecule has 1 atom stereocenters. The van der Waals surface area contributed by atoms with Gasteiger partial charge in [-0.3, -0.25) is 4.79 Å². The molecule has 1 aliphatic rings. The van der Waals surface area contributed by atoms with Crippen molar-refractivity contribution in [1.82, 2.24) is 0 Å². The number of methoxy groups -OCH3 is 1. The minimum absolute atomic E-state index is 0.266. The van der Waals surface area contributed by atoms with Crippen molar-refractivity contribution in [1.29, 1.82) is 0 Å². The van der Waals surface area contributed by atoms with Crippen LogP contribution in [-0.4, -0.2) is 25.1 Å². The summed E-state index contributed by atoms with van der Waals surface area (Å²) in [5.74, 6) is 0.0000247. The Kier molecular flexibility index (Phi) is 5.79. The lowest BCUT2D eigenvalue weighted by molar-refractivity contribution is -0.122. The molecule has 27 heavy (non-hydrogen) atoms. The Balaban J connectivity index is 1.68. The van der Waals surface area contributed by atoms with Crippen molar-refractivity contribution in [3.8, 4) is 5.75 Å². The number of carbonyl (C=O) groups is 2. The lowest BCUT2D eigenvalue weighted by Crippen LogP contribution is -2.30. The number of nitrogens with one attached hydrogen (secondary N) is 1. The summed E-state index contributed by atoms with van der Waals surface area (Å²) in [5.41, 5.74) is 4.51. The molecule has 1 N–H and O–H groups in total. The van der Waals surface area contributed by atoms with Gasteiger partial charge in [0.2, 0.25) is 0 Å². The molecule has 2 aromatic rings. The molecule has 1 unspecified atom stereocenters. The van der Waals surface area contributed by atoms with Gasteiger partial charge in [-0.1, -0.05) is 12.1 Å². The number of carbonyl (C=O) groups excluding carboxylic acids is 2. The summed E-state index contributed by atoms with van der Waals surface area (Å²) in [7, 11) is 1.33. The molecular formula is C22H25NO4. The number of hydrogen-bond donors (Lipinski definition) is 1. The fraction of sp³-hybridized carbons (Fsp3) is 0.364. The van der Waals surface area contributed by atoms with Crippen molar-refractivity contribution in [3.05, 3.63) is 58.7 Å². The first-order chi connectivity index (χ1) is 13.0. The van der Waals surface area contributed by atoms with Crippen LogP contribution in [0, 0.1) is 6.92 Å². The van der Waals surface area contributed by atoms with E-state index in [2.05, 4.69) is 11.4 Å². The normalized spacial score (nSPS) is 14.0. The maximum absolute atomic E-state index is 12.6. The van der Waals surface area contributed by atoms with Crippen molar-refractivity contribution in [2.24, 2.45) is 0 Å². The first kappa shape index (κ1) is 19.0. The molecule has 1 aliphatic carbocycles. The fourth-order valence-corrected chi connectivity index (χ4v) is 3.28. The third-order valence-electron chi connectivity index (χ3n) is 4.92. The standard InChI is InChI=1S/C22H25NO4/c1-14-8-9-18(22(25)26-3)13-20(14)23-21(24)15(2)27-19-11-10-16-6-4-5-7-17(16)12-19/h8-13,15H,4-7H2,1-3H3,(H,23,24). The van der Waals surface area contributed by atoms with E-state index in [1.807, 2.05) is 19.1 Å². The van der Waals surface area contributed by atoms with E-state index in [1.54, 1.807) is 25.1 Å². The van der Waals surface area contributed by atoms with Gasteiger partial charge in [-0.25, -0.2) is 4.79 Å². The topological polar surface area (TPSA) is 64.6 Å². The number of amides is 1. The van der Waals surface area contributed by atoms with Gasteiger partial charge >= 0.3 is 5.97 Å². The van der Waals surface area contributed by atoms with E-state index in [9.17, 15) is 9.59 Å². The molecule has 5 nitrogen and oxygen atoms in total. The predicted molar refractivity (Wildman–Crippen MR) is 104 cm³/mol. The monoisotopic (exact) mass is 367 g/mol. The summed E-state index contributed by atoms with van der Waals surface area (Å²) < 4.78 is 10.6. The van der Waals surface area contributed by atoms with Gasteiger partial charge in [0.05, 0.1) is 12.7 Å². The lowest BCUT2D eigenvalue weighted by Gasteiger charge is -2.19. The summed E-state index contributed by atoms with van der Waals surface area (Å²) in [6, 6.07) is 11.1. The summed E-state index contributed by atoms with van der Waals surface area (Å²) in [6.07, 6.45) is 3.94. The molecule has 0 spiro atoms. The molecule has 0 radical (unpaired) electrons. The highest BCUT2D eigenvalue weighted by Crippen LogP contribution is 2.26. The number of rotatable bonds is 5. The van der Waals surface area contributed by atoms with Crippen LogP contribution in [-0.2, 0) is 22.4 Å². The first-order valence-electron chi connectivity index (χ1n) is 9.26. The van der Waals surface area contributed by atoms with E-state index in [4.69, 9.17) is 9.47 Å². The van der Waals surface area contributed by atoms with Gasteiger partial charge in [0.25, 0.3) is 5.91 Å². The number of aryl methyl sites for hydroxylation is 3. The molecule has 3 rings (SSSR count). The van der Waals surface area contributed by atoms with Gasteiger partial charge < -0.3 is 14.8 Å². The van der Waals surface area contributed by atoms with Crippen LogP contribution in [0.2, 0.25) is 0 Å². The van der Waals surface area contributed by atoms with E-state index < -0.39 is 12.1 Å². The summed E-state index contributed by atoms with van der Waals surface area (Å²) in [5, 5.41) is 2.84. The number of fused-ring (bicyclic) bond motifs is 1. The molecule has 0 aliphatic heterocycles. The summed E-state index contributed by atoms with van der Waals surface area (Å²) in [6.45, 7) is 3.58. The van der Waals surface area contributed by atoms with Crippen LogP contribution >= 0.6 is 0 Å². The third kappa shape index (κ3) is 4.48. The molecule has 5 heteroatoms. The highest BCUT2D eigenvalue weighted by Gasteiger charge is 2.18. The molecule has 0 saturated heterocycles. The number of anilines is 1. The second-order valence-corrected chi connectivity index (χ2v) is 6.91. The highest BCUT2D eigenvalue weighted by atomic mass is 16.5. The van der Waals surface area contributed by atoms with E-state index >= 15 is 0 Å². The average Bonchev–Trinajstić information content (AvgIpc) is 2.68. The van der Waals surface area contributed by atoms with Crippen molar-refractivity contribution >= 4 is 17.6 Å². The Labute approximate surface area is 159 Å². The maximum atomic E-state index is 12.6. The van der Waals surface area contributed by atoms with Crippen LogP contribution in [0.5, 0.6) is 5.75 Å². The minimum atomic E-state index is -0.659. The van der Waals surface area contributed by atoms with Crippen LogP contribution < -0.4 is 10.1 Å². The SMILES string of the molecule is COC(=O)c1ccc(C)c(NC(=O)C(C)Oc2ccc3c(c2)CCCC3)c1. The predicted octanol–water partition coefficient (Wildman–Crippen LogP) is 4.07. The molecular weight excluding hydrogens is 342 g/mol. The van der Waals surface area contributed by atoms with Crippen LogP contribution in [0.1, 0.15) is 46.8 Å². The molecule has 0 heterocycles. The Morgan fingerprint density at radius 1 is 1.04 bits per heavy atom. The third-order valence-corrected chi connectivity index (χ3v) is 4.92. The largest absolute Gasteiger partial charge is 0.481 e. The van der Waals surface area contributed by atoms with Crippen LogP contribution in [0.4, 0.5) is 5.69 Å². The fourth-order valence-electron chi connectivity index (χ4n) is 3.28. The molecule has 0 fully saturated rings. The molecule has 0 saturated carbocycles. The zero-order valence-corrected chi connectivity index (χ0v) is 16.0. The zero-order chi connectivity index (χ0) is 19.4. The Morgan fingerprint density at radius 2 is 1.78 bits per heavy atom. The molecule has 1 amide bonds. The Bertz CT molecular complexity index is 859. The van der Waals surface area contributed by atoms with Crippen LogP contribution in [0.15, 0.2) is 36.4 Å². The number of benzene rings is 2. The van der Waals surface area contributed by atoms with Crippen molar-refractivity contribution < 1.29 is 19.1 Å². The highest BCUT2D eigenvalue weighted by molar-refractivity contribution is 5.97. The van der Waals surface area contributed by atoms with Gasteiger partial charge in [-0.05, 0) is 80.5 Å². The maximum Gasteiger partial charge on any atom is 0.337 e. The smallest absolute Gasteiger partial charge is 0.337 e. The number of ether oxygens (including phenoxy) is 2. The van der Waals surface area contributed by atoms with Gasteiger partial charge in [0.15, 0.2) is 6.10 Å². The molecule has 0 aromatic heterocycles. The summed E-state index contributed by atoms with van der Waals surface area (Å²) >= 11 is 0. The number of esters is 1. The van der Waals surface area contributed by atoms with Crippen LogP contribution in [0.3, 0.4) is 0 Å². The van der Waals surface area contributed by atoms with E-state index in [0.29, 0.717) is 17.0 Å². The molecule has 142 valence electrons. The van der Waals surface area contributed by atoms with Gasteiger partial charge in [0.1, 0.15) is 5.75 Å². The number of hydrogen-bond acceptors (Lipinski definition) is 4. The first-order valence-corrected chi connectivity index (χ1v) is 9.26. The summed E-state index contributed by atoms with van der Waals surface area (Å²) in [4.78, 5) is 24.3. The average molecular weight is 367 g/mol. The second kappa shape index (κ2) is 8.25. The van der Waals surface area contributed by atoms with Gasteiger partial charge in [-0.15, -0.1) is 0 Å². The Morgan fingerprint density at radius 3 is 2.52 bits per heavy atom. The van der Waals surface area contributed by atoms with E-state index in [1.165, 1.54) is 31.1 Å². The Hall–Kier alpha value is -2.82. The van der Waals surface area contributed by atoms with Gasteiger partial charge in [0, 0.05) is 5.69 Å². The van der Waals surface area contributed by atoms with E-state index in [0.717, 1.165) is 18.4 Å². The van der Waals surface area contributed by atoms with Crippen molar-refractivity contribution in [3.63, 3.8) is 0 Å². The van der Waals surface area contributed by atoms with Crippen LogP contribution in [0.25, 0.3) is 0 Å². The van der Waals surface area contributed by atoms with Gasteiger partial charge in [-0.2, -0.15) is 0 Å². The molecule has 2 aromatic carbocycles. The van der Waals surface area contributed by atoms with Crippen molar-refractivity contribution in [2.45, 2.75) is 45.6 Å². The van der Waals surface area contributed by atoms with E-state index in [-0.39, 0.29) is 5.91 Å². The second-order valence-electron chi connectivity index (χ2n) is 6.91. The van der Waals surface area contributed by atoms with Crippen molar-refractivity contribution in [2.75, 3.05) is 12.4 Å².